The average molecular weight is 441 g/mol. The predicted molar refractivity (Wildman–Crippen MR) is 124 cm³/mol. The number of amides is 1. The number of aromatic nitrogens is 3. The normalized spacial score (nSPS) is 14.2. The van der Waals surface area contributed by atoms with Gasteiger partial charge in [0.1, 0.15) is 5.52 Å². The van der Waals surface area contributed by atoms with Crippen LogP contribution in [0.2, 0.25) is 0 Å². The van der Waals surface area contributed by atoms with Gasteiger partial charge in [-0.05, 0) is 52.9 Å². The van der Waals surface area contributed by atoms with Gasteiger partial charge >= 0.3 is 5.97 Å². The number of aryl methyl sites for hydroxylation is 1. The summed E-state index contributed by atoms with van der Waals surface area (Å²) in [6.07, 6.45) is 0.751. The van der Waals surface area contributed by atoms with Gasteiger partial charge in [-0.25, -0.2) is 4.68 Å². The lowest BCUT2D eigenvalue weighted by Crippen LogP contribution is -2.36. The van der Waals surface area contributed by atoms with Crippen LogP contribution in [-0.2, 0) is 24.8 Å². The van der Waals surface area contributed by atoms with E-state index in [1.807, 2.05) is 66.5 Å². The molecule has 0 spiro atoms. The number of nitrogens with zero attached hydrogens (tertiary/aromatic N) is 4. The molecule has 1 N–H and O–H groups in total. The van der Waals surface area contributed by atoms with Crippen molar-refractivity contribution in [3.63, 3.8) is 0 Å². The van der Waals surface area contributed by atoms with Crippen molar-refractivity contribution in [2.24, 2.45) is 7.05 Å². The van der Waals surface area contributed by atoms with Gasteiger partial charge in [0.25, 0.3) is 5.91 Å². The van der Waals surface area contributed by atoms with Crippen molar-refractivity contribution in [2.75, 3.05) is 6.54 Å². The van der Waals surface area contributed by atoms with Crippen LogP contribution in [0.3, 0.4) is 0 Å². The van der Waals surface area contributed by atoms with Gasteiger partial charge in [-0.1, -0.05) is 47.7 Å². The molecule has 0 saturated heterocycles. The largest absolute Gasteiger partial charge is 0.481 e. The van der Waals surface area contributed by atoms with E-state index in [0.29, 0.717) is 18.7 Å². The Hall–Kier alpha value is -4.00. The molecular formula is C26H24N4O3. The molecular weight excluding hydrogens is 416 g/mol. The number of hydrogen-bond donors (Lipinski definition) is 1. The van der Waals surface area contributed by atoms with Gasteiger partial charge < -0.3 is 10.0 Å². The summed E-state index contributed by atoms with van der Waals surface area (Å²) in [5.74, 6) is -1.17. The molecule has 7 heteroatoms. The summed E-state index contributed by atoms with van der Waals surface area (Å²) in [7, 11) is 1.83. The first-order chi connectivity index (χ1) is 16.0. The summed E-state index contributed by atoms with van der Waals surface area (Å²) in [6, 6.07) is 21.3. The topological polar surface area (TPSA) is 88.3 Å². The minimum Gasteiger partial charge on any atom is -0.481 e. The van der Waals surface area contributed by atoms with Crippen LogP contribution in [-0.4, -0.2) is 43.4 Å². The summed E-state index contributed by atoms with van der Waals surface area (Å²) >= 11 is 0. The number of hydrogen-bond acceptors (Lipinski definition) is 4. The van der Waals surface area contributed by atoms with E-state index in [1.54, 1.807) is 4.68 Å². The fourth-order valence-electron chi connectivity index (χ4n) is 4.61. The van der Waals surface area contributed by atoms with Crippen molar-refractivity contribution in [2.45, 2.75) is 25.3 Å². The molecule has 5 rings (SSSR count). The third-order valence-corrected chi connectivity index (χ3v) is 6.37. The average Bonchev–Trinajstić information content (AvgIpc) is 3.21. The number of carboxylic acids is 1. The minimum atomic E-state index is -0.863. The fraction of sp³-hybridized carbons (Fsp3) is 0.231. The van der Waals surface area contributed by atoms with Gasteiger partial charge in [0.05, 0.1) is 11.9 Å². The Morgan fingerprint density at radius 1 is 1.00 bits per heavy atom. The van der Waals surface area contributed by atoms with E-state index < -0.39 is 5.97 Å². The van der Waals surface area contributed by atoms with Crippen molar-refractivity contribution in [1.82, 2.24) is 19.9 Å². The second kappa shape index (κ2) is 8.50. The number of rotatable bonds is 5. The van der Waals surface area contributed by atoms with Crippen molar-refractivity contribution in [1.29, 1.82) is 0 Å². The van der Waals surface area contributed by atoms with E-state index in [0.717, 1.165) is 34.1 Å². The lowest BCUT2D eigenvalue weighted by atomic mass is 9.85. The Balaban J connectivity index is 1.47. The van der Waals surface area contributed by atoms with E-state index in [4.69, 9.17) is 0 Å². The minimum absolute atomic E-state index is 0.0156. The van der Waals surface area contributed by atoms with Crippen LogP contribution in [0.15, 0.2) is 66.7 Å². The second-order valence-electron chi connectivity index (χ2n) is 8.48. The quantitative estimate of drug-likeness (QED) is 0.510. The molecule has 7 nitrogen and oxygen atoms in total. The van der Waals surface area contributed by atoms with Gasteiger partial charge in [-0.15, -0.1) is 5.10 Å². The Morgan fingerprint density at radius 3 is 2.55 bits per heavy atom. The molecule has 0 saturated carbocycles. The maximum Gasteiger partial charge on any atom is 0.304 e. The van der Waals surface area contributed by atoms with Crippen LogP contribution >= 0.6 is 0 Å². The number of carbonyl (C=O) groups excluding carboxylic acids is 1. The highest BCUT2D eigenvalue weighted by molar-refractivity contribution is 5.94. The lowest BCUT2D eigenvalue weighted by molar-refractivity contribution is -0.137. The van der Waals surface area contributed by atoms with Crippen LogP contribution < -0.4 is 0 Å². The van der Waals surface area contributed by atoms with E-state index >= 15 is 0 Å². The molecule has 0 aliphatic carbocycles. The Kier molecular flexibility index (Phi) is 5.38. The third-order valence-electron chi connectivity index (χ3n) is 6.37. The molecule has 3 aromatic carbocycles. The highest BCUT2D eigenvalue weighted by Crippen LogP contribution is 2.32. The Bertz CT molecular complexity index is 1350. The fourth-order valence-corrected chi connectivity index (χ4v) is 4.61. The Morgan fingerprint density at radius 2 is 1.76 bits per heavy atom. The monoisotopic (exact) mass is 440 g/mol. The summed E-state index contributed by atoms with van der Waals surface area (Å²) < 4.78 is 1.70. The SMILES string of the molecule is Cn1nnc2cc(C(CC(=O)O)c3ccc4c(c3)CN(C(=O)c3ccccc3)CC4)ccc21. The molecule has 2 heterocycles. The van der Waals surface area contributed by atoms with Gasteiger partial charge in [0.2, 0.25) is 0 Å². The molecule has 4 aromatic rings. The van der Waals surface area contributed by atoms with Crippen molar-refractivity contribution in [3.05, 3.63) is 94.5 Å². The van der Waals surface area contributed by atoms with E-state index in [9.17, 15) is 14.7 Å². The highest BCUT2D eigenvalue weighted by atomic mass is 16.4. The molecule has 0 fully saturated rings. The van der Waals surface area contributed by atoms with E-state index in [2.05, 4.69) is 22.4 Å². The van der Waals surface area contributed by atoms with Crippen LogP contribution in [0, 0.1) is 0 Å². The summed E-state index contributed by atoms with van der Waals surface area (Å²) in [4.78, 5) is 26.5. The first kappa shape index (κ1) is 20.9. The number of aliphatic carboxylic acids is 1. The number of benzene rings is 3. The molecule has 0 bridgehead atoms. The van der Waals surface area contributed by atoms with Crippen molar-refractivity contribution >= 4 is 22.9 Å². The molecule has 0 radical (unpaired) electrons. The summed E-state index contributed by atoms with van der Waals surface area (Å²) in [5.41, 5.74) is 6.40. The van der Waals surface area contributed by atoms with Crippen LogP contribution in [0.1, 0.15) is 45.0 Å². The van der Waals surface area contributed by atoms with Gasteiger partial charge in [0.15, 0.2) is 0 Å². The van der Waals surface area contributed by atoms with Gasteiger partial charge in [-0.2, -0.15) is 0 Å². The zero-order valence-electron chi connectivity index (χ0n) is 18.3. The third kappa shape index (κ3) is 4.09. The zero-order chi connectivity index (χ0) is 22.9. The number of carboxylic acid groups (broad SMARTS) is 1. The number of fused-ring (bicyclic) bond motifs is 2. The zero-order valence-corrected chi connectivity index (χ0v) is 18.3. The number of carbonyl (C=O) groups is 2. The molecule has 1 amide bonds. The maximum atomic E-state index is 13.0. The molecule has 166 valence electrons. The van der Waals surface area contributed by atoms with Crippen molar-refractivity contribution in [3.8, 4) is 0 Å². The standard InChI is InChI=1S/C26H24N4O3/c1-29-24-10-9-20(14-23(24)27-28-29)22(15-25(31)32)19-8-7-17-11-12-30(16-21(17)13-19)26(33)18-5-3-2-4-6-18/h2-10,13-14,22H,11-12,15-16H2,1H3,(H,31,32). The van der Waals surface area contributed by atoms with E-state index in [1.165, 1.54) is 5.56 Å². The molecule has 33 heavy (non-hydrogen) atoms. The molecule has 1 unspecified atom stereocenters. The van der Waals surface area contributed by atoms with E-state index in [-0.39, 0.29) is 18.2 Å². The Labute approximate surface area is 191 Å². The molecule has 1 aliphatic heterocycles. The maximum absolute atomic E-state index is 13.0. The van der Waals surface area contributed by atoms with Gasteiger partial charge in [0, 0.05) is 31.6 Å². The van der Waals surface area contributed by atoms with Crippen molar-refractivity contribution < 1.29 is 14.7 Å². The predicted octanol–water partition coefficient (Wildman–Crippen LogP) is 3.77. The summed E-state index contributed by atoms with van der Waals surface area (Å²) in [6.45, 7) is 1.18. The van der Waals surface area contributed by atoms with Gasteiger partial charge in [-0.3, -0.25) is 9.59 Å². The lowest BCUT2D eigenvalue weighted by Gasteiger charge is -2.30. The molecule has 1 aromatic heterocycles. The molecule has 1 aliphatic rings. The highest BCUT2D eigenvalue weighted by Gasteiger charge is 2.25. The molecule has 1 atom stereocenters. The second-order valence-corrected chi connectivity index (χ2v) is 8.48. The van der Waals surface area contributed by atoms with Crippen LogP contribution in [0.5, 0.6) is 0 Å². The van der Waals surface area contributed by atoms with Crippen LogP contribution in [0.4, 0.5) is 0 Å². The first-order valence-corrected chi connectivity index (χ1v) is 11.0. The van der Waals surface area contributed by atoms with Crippen LogP contribution in [0.25, 0.3) is 11.0 Å². The summed E-state index contributed by atoms with van der Waals surface area (Å²) in [5, 5.41) is 17.9. The smallest absolute Gasteiger partial charge is 0.304 e. The first-order valence-electron chi connectivity index (χ1n) is 11.0.